The van der Waals surface area contributed by atoms with Crippen LogP contribution in [0.2, 0.25) is 0 Å². The quantitative estimate of drug-likeness (QED) is 0.0969. The smallest absolute Gasteiger partial charge is 0.225 e. The van der Waals surface area contributed by atoms with E-state index in [1.54, 1.807) is 14.2 Å². The van der Waals surface area contributed by atoms with Crippen molar-refractivity contribution >= 4 is 28.5 Å². The van der Waals surface area contributed by atoms with Crippen molar-refractivity contribution in [2.45, 2.75) is 46.1 Å². The fourth-order valence-electron chi connectivity index (χ4n) is 3.55. The molecule has 2 N–H and O–H groups in total. The SMILES string of the molecule is C=CCCOc1ccccc1CNc1nc(NC(/C=C(\C)CC=C)=NC)c2ccccc2n1.CCCCOC. The van der Waals surface area contributed by atoms with E-state index in [0.29, 0.717) is 24.9 Å². The van der Waals surface area contributed by atoms with Crippen LogP contribution >= 0.6 is 0 Å². The van der Waals surface area contributed by atoms with Crippen LogP contribution in [0.5, 0.6) is 5.75 Å². The fourth-order valence-corrected chi connectivity index (χ4v) is 3.55. The zero-order chi connectivity index (χ0) is 28.3. The molecule has 0 radical (unpaired) electrons. The number of methoxy groups -OCH3 is 1. The lowest BCUT2D eigenvalue weighted by Gasteiger charge is -2.14. The molecule has 0 saturated heterocycles. The number of aliphatic imine (C=N–C) groups is 1. The number of amidine groups is 1. The molecule has 2 aromatic carbocycles. The topological polar surface area (TPSA) is 80.7 Å². The summed E-state index contributed by atoms with van der Waals surface area (Å²) in [6, 6.07) is 15.9. The number of hydrogen-bond donors (Lipinski definition) is 2. The summed E-state index contributed by atoms with van der Waals surface area (Å²) in [5.74, 6) is 2.79. The Hall–Kier alpha value is -3.97. The molecule has 1 aromatic heterocycles. The van der Waals surface area contributed by atoms with Gasteiger partial charge in [0.05, 0.1) is 12.1 Å². The Morgan fingerprint density at radius 1 is 1.03 bits per heavy atom. The molecule has 3 aromatic rings. The van der Waals surface area contributed by atoms with E-state index in [0.717, 1.165) is 53.1 Å². The molecule has 7 heteroatoms. The summed E-state index contributed by atoms with van der Waals surface area (Å²) in [7, 11) is 3.49. The number of nitrogens with zero attached hydrogens (tertiary/aromatic N) is 3. The van der Waals surface area contributed by atoms with E-state index < -0.39 is 0 Å². The van der Waals surface area contributed by atoms with E-state index in [1.807, 2.05) is 73.7 Å². The summed E-state index contributed by atoms with van der Waals surface area (Å²) in [5, 5.41) is 7.63. The van der Waals surface area contributed by atoms with Crippen molar-refractivity contribution in [1.29, 1.82) is 0 Å². The maximum Gasteiger partial charge on any atom is 0.225 e. The minimum absolute atomic E-state index is 0.527. The third-order valence-electron chi connectivity index (χ3n) is 5.63. The van der Waals surface area contributed by atoms with Crippen LogP contribution in [0.1, 0.15) is 45.1 Å². The Labute approximate surface area is 233 Å². The number of fused-ring (bicyclic) bond motifs is 1. The maximum absolute atomic E-state index is 5.89. The molecular formula is C32H43N5O2. The summed E-state index contributed by atoms with van der Waals surface area (Å²) >= 11 is 0. The van der Waals surface area contributed by atoms with Crippen molar-refractivity contribution in [3.05, 3.63) is 91.1 Å². The standard InChI is InChI=1S/C27H31N5O.C5H12O/c1-5-7-17-33-24-16-11-8-13-21(24)19-29-27-30-23-15-10-9-14-22(23)26(32-27)31-25(28-4)18-20(3)12-6-2;1-3-4-5-6-2/h5-6,8-11,13-16,18H,1-2,7,12,17,19H2,3-4H3,(H2,28,29,30,31,32);3-5H2,1-2H3/b20-18+;. The first-order valence-electron chi connectivity index (χ1n) is 13.4. The lowest BCUT2D eigenvalue weighted by atomic mass is 10.2. The molecular weight excluding hydrogens is 486 g/mol. The Kier molecular flexibility index (Phi) is 14.7. The predicted molar refractivity (Wildman–Crippen MR) is 166 cm³/mol. The predicted octanol–water partition coefficient (Wildman–Crippen LogP) is 7.59. The molecule has 0 aliphatic heterocycles. The molecule has 0 spiro atoms. The second kappa shape index (κ2) is 18.3. The highest BCUT2D eigenvalue weighted by atomic mass is 16.5. The van der Waals surface area contributed by atoms with Crippen LogP contribution in [0.4, 0.5) is 11.8 Å². The van der Waals surface area contributed by atoms with Crippen molar-refractivity contribution in [1.82, 2.24) is 9.97 Å². The van der Waals surface area contributed by atoms with Gasteiger partial charge in [0, 0.05) is 38.3 Å². The van der Waals surface area contributed by atoms with E-state index >= 15 is 0 Å². The third kappa shape index (κ3) is 11.1. The molecule has 1 heterocycles. The number of allylic oxidation sites excluding steroid dienone is 2. The van der Waals surface area contributed by atoms with Gasteiger partial charge in [-0.3, -0.25) is 4.99 Å². The van der Waals surface area contributed by atoms with Gasteiger partial charge < -0.3 is 20.1 Å². The fraction of sp³-hybridized carbons (Fsp3) is 0.344. The van der Waals surface area contributed by atoms with E-state index in [2.05, 4.69) is 35.7 Å². The Balaban J connectivity index is 0.000000798. The van der Waals surface area contributed by atoms with E-state index in [9.17, 15) is 0 Å². The van der Waals surface area contributed by atoms with Crippen LogP contribution in [0.3, 0.4) is 0 Å². The number of benzene rings is 2. The summed E-state index contributed by atoms with van der Waals surface area (Å²) in [4.78, 5) is 13.8. The van der Waals surface area contributed by atoms with E-state index in [4.69, 9.17) is 19.4 Å². The Morgan fingerprint density at radius 3 is 2.49 bits per heavy atom. The van der Waals surface area contributed by atoms with Gasteiger partial charge in [-0.15, -0.1) is 13.2 Å². The highest BCUT2D eigenvalue weighted by molar-refractivity contribution is 6.07. The Bertz CT molecular complexity index is 1230. The first-order chi connectivity index (χ1) is 19.1. The number of ether oxygens (including phenoxy) is 2. The van der Waals surface area contributed by atoms with Crippen molar-refractivity contribution in [3.63, 3.8) is 0 Å². The second-order valence-electron chi connectivity index (χ2n) is 8.86. The van der Waals surface area contributed by atoms with Crippen molar-refractivity contribution < 1.29 is 9.47 Å². The zero-order valence-electron chi connectivity index (χ0n) is 23.9. The molecule has 208 valence electrons. The molecule has 0 saturated carbocycles. The summed E-state index contributed by atoms with van der Waals surface area (Å²) in [6.45, 7) is 13.8. The number of hydrogen-bond acceptors (Lipinski definition) is 6. The molecule has 39 heavy (non-hydrogen) atoms. The first kappa shape index (κ1) is 31.2. The van der Waals surface area contributed by atoms with Gasteiger partial charge in [0.1, 0.15) is 17.4 Å². The number of rotatable bonds is 14. The van der Waals surface area contributed by atoms with Crippen LogP contribution in [0.25, 0.3) is 10.9 Å². The van der Waals surface area contributed by atoms with Gasteiger partial charge in [-0.05, 0) is 50.5 Å². The van der Waals surface area contributed by atoms with Crippen molar-refractivity contribution in [2.75, 3.05) is 38.0 Å². The average molecular weight is 530 g/mol. The van der Waals surface area contributed by atoms with Gasteiger partial charge in [-0.2, -0.15) is 4.98 Å². The highest BCUT2D eigenvalue weighted by Gasteiger charge is 2.10. The Morgan fingerprint density at radius 2 is 1.79 bits per heavy atom. The number of unbranched alkanes of at least 4 members (excludes halogenated alkanes) is 1. The van der Waals surface area contributed by atoms with Crippen LogP contribution < -0.4 is 15.4 Å². The number of anilines is 2. The van der Waals surface area contributed by atoms with Crippen LogP contribution in [-0.4, -0.2) is 43.2 Å². The van der Waals surface area contributed by atoms with Crippen LogP contribution in [-0.2, 0) is 11.3 Å². The van der Waals surface area contributed by atoms with Gasteiger partial charge in [-0.1, -0.05) is 61.4 Å². The van der Waals surface area contributed by atoms with Crippen molar-refractivity contribution in [3.8, 4) is 5.75 Å². The second-order valence-corrected chi connectivity index (χ2v) is 8.86. The molecule has 0 fully saturated rings. The van der Waals surface area contributed by atoms with E-state index in [-0.39, 0.29) is 0 Å². The molecule has 0 aliphatic rings. The summed E-state index contributed by atoms with van der Waals surface area (Å²) in [6.07, 6.45) is 9.74. The van der Waals surface area contributed by atoms with Gasteiger partial charge in [0.15, 0.2) is 0 Å². The molecule has 0 aliphatic carbocycles. The van der Waals surface area contributed by atoms with Crippen molar-refractivity contribution in [2.24, 2.45) is 4.99 Å². The normalized spacial score (nSPS) is 11.4. The monoisotopic (exact) mass is 529 g/mol. The highest BCUT2D eigenvalue weighted by Crippen LogP contribution is 2.24. The first-order valence-corrected chi connectivity index (χ1v) is 13.4. The zero-order valence-corrected chi connectivity index (χ0v) is 23.9. The van der Waals surface area contributed by atoms with Gasteiger partial charge in [0.25, 0.3) is 0 Å². The number of aromatic nitrogens is 2. The third-order valence-corrected chi connectivity index (χ3v) is 5.63. The maximum atomic E-state index is 5.89. The minimum Gasteiger partial charge on any atom is -0.493 e. The summed E-state index contributed by atoms with van der Waals surface area (Å²) < 4.78 is 10.7. The molecule has 0 unspecified atom stereocenters. The molecule has 3 rings (SSSR count). The molecule has 0 atom stereocenters. The molecule has 0 bridgehead atoms. The van der Waals surface area contributed by atoms with Gasteiger partial charge in [0.2, 0.25) is 5.95 Å². The summed E-state index contributed by atoms with van der Waals surface area (Å²) in [5.41, 5.74) is 3.03. The van der Waals surface area contributed by atoms with Gasteiger partial charge >= 0.3 is 0 Å². The largest absolute Gasteiger partial charge is 0.493 e. The average Bonchev–Trinajstić information content (AvgIpc) is 2.95. The van der Waals surface area contributed by atoms with E-state index in [1.165, 1.54) is 12.8 Å². The molecule has 0 amide bonds. The lowest BCUT2D eigenvalue weighted by molar-refractivity contribution is 0.194. The van der Waals surface area contributed by atoms with Crippen LogP contribution in [0.15, 0.2) is 90.5 Å². The minimum atomic E-state index is 0.527. The molecule has 7 nitrogen and oxygen atoms in total. The lowest BCUT2D eigenvalue weighted by Crippen LogP contribution is -2.13. The number of para-hydroxylation sites is 2. The van der Waals surface area contributed by atoms with Crippen LogP contribution in [0, 0.1) is 0 Å². The van der Waals surface area contributed by atoms with Gasteiger partial charge in [-0.25, -0.2) is 4.98 Å². The number of nitrogens with one attached hydrogen (secondary N) is 2.